The van der Waals surface area contributed by atoms with E-state index in [1.165, 1.54) is 6.07 Å². The standard InChI is InChI=1S/C36H39FN6O3S/c1-22-10-12-26-27(13-11-25-21-47-23(2)40-25)30(37)15-14-28(26)32(22)45-33-29(9-6-17-38-33)31-16-18-39-34(42-31)41-24-8-7-19-43(20-24)35(44)46-36(3,4)5/h6,9-10,12,14-18,21,24H,7-8,11,13,19-20H2,1-5H3,(H,39,41,42)/t24-/m0/s1. The fraction of sp³-hybridized carbons (Fsp3) is 0.361. The first-order valence-corrected chi connectivity index (χ1v) is 16.7. The number of aromatic nitrogens is 4. The zero-order chi connectivity index (χ0) is 33.1. The molecule has 1 fully saturated rings. The van der Waals surface area contributed by atoms with Crippen molar-refractivity contribution < 1.29 is 18.7 Å². The molecule has 1 N–H and O–H groups in total. The fourth-order valence-electron chi connectivity index (χ4n) is 5.80. The van der Waals surface area contributed by atoms with Crippen molar-refractivity contribution in [1.29, 1.82) is 0 Å². The molecule has 2 aromatic carbocycles. The Morgan fingerprint density at radius 2 is 1.87 bits per heavy atom. The van der Waals surface area contributed by atoms with Crippen molar-refractivity contribution in [3.63, 3.8) is 0 Å². The first-order chi connectivity index (χ1) is 22.5. The summed E-state index contributed by atoms with van der Waals surface area (Å²) in [5.41, 5.74) is 3.27. The van der Waals surface area contributed by atoms with Crippen molar-refractivity contribution in [1.82, 2.24) is 24.8 Å². The molecule has 1 atom stereocenters. The van der Waals surface area contributed by atoms with Crippen LogP contribution in [0.2, 0.25) is 0 Å². The van der Waals surface area contributed by atoms with Crippen LogP contribution in [0.3, 0.4) is 0 Å². The number of piperidine rings is 1. The zero-order valence-electron chi connectivity index (χ0n) is 27.3. The lowest BCUT2D eigenvalue weighted by molar-refractivity contribution is 0.0206. The molecule has 244 valence electrons. The molecule has 0 bridgehead atoms. The maximum absolute atomic E-state index is 15.2. The summed E-state index contributed by atoms with van der Waals surface area (Å²) in [7, 11) is 0. The molecule has 1 aliphatic heterocycles. The Morgan fingerprint density at radius 3 is 2.66 bits per heavy atom. The number of nitrogens with zero attached hydrogens (tertiary/aromatic N) is 5. The topological polar surface area (TPSA) is 102 Å². The highest BCUT2D eigenvalue weighted by atomic mass is 32.1. The van der Waals surface area contributed by atoms with Crippen LogP contribution in [0.25, 0.3) is 22.0 Å². The van der Waals surface area contributed by atoms with Crippen molar-refractivity contribution in [3.8, 4) is 22.9 Å². The number of likely N-dealkylation sites (tertiary alicyclic amines) is 1. The molecule has 9 nitrogen and oxygen atoms in total. The number of hydrogen-bond donors (Lipinski definition) is 1. The molecule has 0 radical (unpaired) electrons. The molecule has 4 heterocycles. The average Bonchev–Trinajstić information content (AvgIpc) is 3.46. The summed E-state index contributed by atoms with van der Waals surface area (Å²) in [6.45, 7) is 10.7. The molecule has 11 heteroatoms. The molecule has 6 rings (SSSR count). The minimum atomic E-state index is -0.553. The third-order valence-corrected chi connectivity index (χ3v) is 8.83. The van der Waals surface area contributed by atoms with E-state index in [0.717, 1.165) is 39.9 Å². The largest absolute Gasteiger partial charge is 0.444 e. The Kier molecular flexibility index (Phi) is 9.35. The van der Waals surface area contributed by atoms with Crippen LogP contribution in [0.1, 0.15) is 55.4 Å². The van der Waals surface area contributed by atoms with Gasteiger partial charge in [-0.1, -0.05) is 12.1 Å². The SMILES string of the molecule is Cc1nc(CCc2c(F)ccc3c(Oc4ncccc4-c4ccnc(N[C@H]5CCCN(C(=O)OC(C)(C)C)C5)n4)c(C)ccc23)cs1. The molecular formula is C36H39FN6O3S. The van der Waals surface area contributed by atoms with E-state index in [2.05, 4.69) is 20.3 Å². The second-order valence-electron chi connectivity index (χ2n) is 12.8. The van der Waals surface area contributed by atoms with Crippen LogP contribution in [0.5, 0.6) is 11.6 Å². The number of carbonyl (C=O) groups is 1. The predicted octanol–water partition coefficient (Wildman–Crippen LogP) is 8.29. The Bertz CT molecular complexity index is 1910. The number of anilines is 1. The summed E-state index contributed by atoms with van der Waals surface area (Å²) in [4.78, 5) is 32.8. The van der Waals surface area contributed by atoms with Gasteiger partial charge in [-0.2, -0.15) is 0 Å². The lowest BCUT2D eigenvalue weighted by atomic mass is 9.97. The Balaban J connectivity index is 1.24. The number of aryl methyl sites for hydroxylation is 4. The molecule has 0 saturated carbocycles. The number of amides is 1. The summed E-state index contributed by atoms with van der Waals surface area (Å²) in [6.07, 6.45) is 5.95. The highest BCUT2D eigenvalue weighted by molar-refractivity contribution is 7.09. The van der Waals surface area contributed by atoms with Gasteiger partial charge in [0.1, 0.15) is 17.2 Å². The maximum Gasteiger partial charge on any atom is 0.410 e. The maximum atomic E-state index is 15.2. The minimum absolute atomic E-state index is 0.0244. The van der Waals surface area contributed by atoms with Gasteiger partial charge in [0.05, 0.1) is 22.0 Å². The van der Waals surface area contributed by atoms with E-state index in [4.69, 9.17) is 14.5 Å². The smallest absolute Gasteiger partial charge is 0.410 e. The number of nitrogens with one attached hydrogen (secondary N) is 1. The molecule has 0 aliphatic carbocycles. The summed E-state index contributed by atoms with van der Waals surface area (Å²) in [6, 6.07) is 12.7. The van der Waals surface area contributed by atoms with Gasteiger partial charge in [-0.15, -0.1) is 11.3 Å². The number of benzene rings is 2. The zero-order valence-corrected chi connectivity index (χ0v) is 28.2. The second kappa shape index (κ2) is 13.6. The van der Waals surface area contributed by atoms with E-state index in [9.17, 15) is 4.79 Å². The molecule has 0 spiro atoms. The summed E-state index contributed by atoms with van der Waals surface area (Å²) in [5.74, 6) is 1.20. The van der Waals surface area contributed by atoms with Crippen molar-refractivity contribution in [2.45, 2.75) is 71.9 Å². The Hall–Kier alpha value is -4.64. The van der Waals surface area contributed by atoms with Crippen LogP contribution in [-0.4, -0.2) is 55.7 Å². The van der Waals surface area contributed by atoms with Gasteiger partial charge in [-0.05, 0) is 107 Å². The summed E-state index contributed by atoms with van der Waals surface area (Å²) >= 11 is 1.60. The first-order valence-electron chi connectivity index (χ1n) is 15.9. The number of halogens is 1. The van der Waals surface area contributed by atoms with E-state index in [1.54, 1.807) is 34.7 Å². The molecule has 3 aromatic heterocycles. The normalized spacial score (nSPS) is 15.1. The van der Waals surface area contributed by atoms with E-state index in [-0.39, 0.29) is 18.0 Å². The molecule has 0 unspecified atom stereocenters. The van der Waals surface area contributed by atoms with Crippen LogP contribution in [0.4, 0.5) is 15.1 Å². The number of fused-ring (bicyclic) bond motifs is 1. The molecular weight excluding hydrogens is 616 g/mol. The van der Waals surface area contributed by atoms with Crippen molar-refractivity contribution >= 4 is 34.2 Å². The van der Waals surface area contributed by atoms with Gasteiger partial charge in [0.2, 0.25) is 11.8 Å². The van der Waals surface area contributed by atoms with Crippen molar-refractivity contribution in [2.24, 2.45) is 0 Å². The van der Waals surface area contributed by atoms with Crippen LogP contribution < -0.4 is 10.1 Å². The number of pyridine rings is 1. The van der Waals surface area contributed by atoms with Crippen LogP contribution >= 0.6 is 11.3 Å². The quantitative estimate of drug-likeness (QED) is 0.178. The van der Waals surface area contributed by atoms with Crippen LogP contribution in [-0.2, 0) is 17.6 Å². The number of ether oxygens (including phenoxy) is 2. The Morgan fingerprint density at radius 1 is 1.04 bits per heavy atom. The number of rotatable bonds is 8. The van der Waals surface area contributed by atoms with Gasteiger partial charge in [0.25, 0.3) is 0 Å². The van der Waals surface area contributed by atoms with E-state index < -0.39 is 5.60 Å². The van der Waals surface area contributed by atoms with Gasteiger partial charge in [0.15, 0.2) is 0 Å². The highest BCUT2D eigenvalue weighted by Crippen LogP contribution is 2.38. The fourth-order valence-corrected chi connectivity index (χ4v) is 6.45. The highest BCUT2D eigenvalue weighted by Gasteiger charge is 2.28. The first kappa shape index (κ1) is 32.3. The van der Waals surface area contributed by atoms with E-state index in [0.29, 0.717) is 60.3 Å². The average molecular weight is 655 g/mol. The lowest BCUT2D eigenvalue weighted by Crippen LogP contribution is -2.47. The van der Waals surface area contributed by atoms with Gasteiger partial charge in [-0.3, -0.25) is 0 Å². The van der Waals surface area contributed by atoms with Crippen molar-refractivity contribution in [2.75, 3.05) is 18.4 Å². The molecule has 5 aromatic rings. The van der Waals surface area contributed by atoms with E-state index in [1.807, 2.05) is 70.3 Å². The lowest BCUT2D eigenvalue weighted by Gasteiger charge is -2.34. The van der Waals surface area contributed by atoms with Gasteiger partial charge < -0.3 is 19.7 Å². The van der Waals surface area contributed by atoms with Gasteiger partial charge in [-0.25, -0.2) is 29.1 Å². The van der Waals surface area contributed by atoms with Crippen LogP contribution in [0, 0.1) is 19.7 Å². The third-order valence-electron chi connectivity index (χ3n) is 8.01. The molecule has 1 saturated heterocycles. The molecule has 1 amide bonds. The second-order valence-corrected chi connectivity index (χ2v) is 13.9. The molecule has 1 aliphatic rings. The summed E-state index contributed by atoms with van der Waals surface area (Å²) < 4.78 is 27.3. The monoisotopic (exact) mass is 654 g/mol. The molecule has 47 heavy (non-hydrogen) atoms. The summed E-state index contributed by atoms with van der Waals surface area (Å²) in [5, 5.41) is 8.05. The third kappa shape index (κ3) is 7.68. The number of carbonyl (C=O) groups excluding carboxylic acids is 1. The van der Waals surface area contributed by atoms with Gasteiger partial charge >= 0.3 is 6.09 Å². The Labute approximate surface area is 278 Å². The number of hydrogen-bond acceptors (Lipinski definition) is 9. The van der Waals surface area contributed by atoms with Crippen molar-refractivity contribution in [3.05, 3.63) is 87.9 Å². The van der Waals surface area contributed by atoms with E-state index >= 15 is 4.39 Å². The predicted molar refractivity (Wildman–Crippen MR) is 183 cm³/mol. The number of thiazole rings is 1. The van der Waals surface area contributed by atoms with Crippen LogP contribution in [0.15, 0.2) is 60.2 Å². The minimum Gasteiger partial charge on any atom is -0.444 e. The van der Waals surface area contributed by atoms with Gasteiger partial charge in [0, 0.05) is 42.3 Å².